The molecule has 1 saturated carbocycles. The van der Waals surface area contributed by atoms with E-state index < -0.39 is 10.0 Å². The lowest BCUT2D eigenvalue weighted by Crippen LogP contribution is -2.36. The van der Waals surface area contributed by atoms with Crippen molar-refractivity contribution in [1.82, 2.24) is 4.72 Å². The Morgan fingerprint density at radius 3 is 2.71 bits per heavy atom. The van der Waals surface area contributed by atoms with E-state index in [0.29, 0.717) is 13.2 Å². The van der Waals surface area contributed by atoms with E-state index in [9.17, 15) is 8.42 Å². The first-order valence-electron chi connectivity index (χ1n) is 6.24. The fourth-order valence-electron chi connectivity index (χ4n) is 2.01. The number of hydrogen-bond acceptors (Lipinski definition) is 3. The Balaban J connectivity index is 2.28. The molecule has 0 radical (unpaired) electrons. The third-order valence-corrected chi connectivity index (χ3v) is 4.97. The van der Waals surface area contributed by atoms with Crippen LogP contribution in [0.1, 0.15) is 32.6 Å². The monoisotopic (exact) mass is 283 g/mol. The predicted molar refractivity (Wildman–Crippen MR) is 69.9 cm³/mol. The summed E-state index contributed by atoms with van der Waals surface area (Å²) >= 11 is 6.18. The maximum atomic E-state index is 11.6. The van der Waals surface area contributed by atoms with Gasteiger partial charge in [0, 0.05) is 18.5 Å². The topological polar surface area (TPSA) is 55.4 Å². The van der Waals surface area contributed by atoms with Crippen LogP contribution in [0.3, 0.4) is 0 Å². The van der Waals surface area contributed by atoms with E-state index in [1.807, 2.05) is 6.92 Å². The van der Waals surface area contributed by atoms with Gasteiger partial charge in [0.2, 0.25) is 10.0 Å². The van der Waals surface area contributed by atoms with E-state index in [1.54, 1.807) is 0 Å². The van der Waals surface area contributed by atoms with Crippen molar-refractivity contribution in [2.75, 3.05) is 25.5 Å². The van der Waals surface area contributed by atoms with Crippen molar-refractivity contribution in [3.8, 4) is 0 Å². The summed E-state index contributed by atoms with van der Waals surface area (Å²) in [6, 6.07) is 0. The molecular weight excluding hydrogens is 262 g/mol. The molecule has 2 atom stereocenters. The van der Waals surface area contributed by atoms with Crippen LogP contribution in [0.5, 0.6) is 0 Å². The number of nitrogens with one attached hydrogen (secondary N) is 1. The highest BCUT2D eigenvalue weighted by atomic mass is 35.5. The molecule has 0 heterocycles. The maximum Gasteiger partial charge on any atom is 0.213 e. The van der Waals surface area contributed by atoms with Gasteiger partial charge in [0.15, 0.2) is 0 Å². The van der Waals surface area contributed by atoms with E-state index >= 15 is 0 Å². The van der Waals surface area contributed by atoms with Gasteiger partial charge in [0.25, 0.3) is 0 Å². The van der Waals surface area contributed by atoms with Gasteiger partial charge in [-0.2, -0.15) is 0 Å². The van der Waals surface area contributed by atoms with Gasteiger partial charge in [0.05, 0.1) is 12.4 Å². The Morgan fingerprint density at radius 2 is 2.06 bits per heavy atom. The van der Waals surface area contributed by atoms with Crippen molar-refractivity contribution in [3.63, 3.8) is 0 Å². The summed E-state index contributed by atoms with van der Waals surface area (Å²) in [6.45, 7) is 3.10. The molecule has 0 amide bonds. The average Bonchev–Trinajstić information content (AvgIpc) is 2.28. The number of alkyl halides is 1. The average molecular weight is 284 g/mol. The Morgan fingerprint density at radius 1 is 1.35 bits per heavy atom. The fraction of sp³-hybridized carbons (Fsp3) is 1.00. The molecule has 1 N–H and O–H groups in total. The number of sulfonamides is 1. The predicted octanol–water partition coefficient (Wildman–Crippen LogP) is 1.74. The van der Waals surface area contributed by atoms with Crippen LogP contribution >= 0.6 is 11.6 Å². The zero-order valence-electron chi connectivity index (χ0n) is 10.3. The lowest BCUT2D eigenvalue weighted by Gasteiger charge is -2.26. The highest BCUT2D eigenvalue weighted by Gasteiger charge is 2.24. The molecule has 102 valence electrons. The first-order chi connectivity index (χ1) is 8.05. The molecule has 2 unspecified atom stereocenters. The van der Waals surface area contributed by atoms with E-state index in [2.05, 4.69) is 4.72 Å². The van der Waals surface area contributed by atoms with E-state index in [1.165, 1.54) is 0 Å². The van der Waals surface area contributed by atoms with Gasteiger partial charge in [0.1, 0.15) is 0 Å². The lowest BCUT2D eigenvalue weighted by atomic mass is 9.89. The molecule has 0 spiro atoms. The van der Waals surface area contributed by atoms with Crippen LogP contribution in [0.2, 0.25) is 0 Å². The summed E-state index contributed by atoms with van der Waals surface area (Å²) in [5, 5.41) is 0.110. The molecule has 1 aliphatic carbocycles. The van der Waals surface area contributed by atoms with Gasteiger partial charge in [-0.05, 0) is 25.7 Å². The van der Waals surface area contributed by atoms with Crippen molar-refractivity contribution in [2.24, 2.45) is 5.92 Å². The number of halogens is 1. The van der Waals surface area contributed by atoms with Crippen LogP contribution in [-0.4, -0.2) is 39.3 Å². The van der Waals surface area contributed by atoms with Crippen LogP contribution in [0.25, 0.3) is 0 Å². The summed E-state index contributed by atoms with van der Waals surface area (Å²) in [7, 11) is -3.21. The minimum atomic E-state index is -3.21. The Hall–Kier alpha value is 0.160. The van der Waals surface area contributed by atoms with Gasteiger partial charge >= 0.3 is 0 Å². The van der Waals surface area contributed by atoms with Crippen LogP contribution in [-0.2, 0) is 14.8 Å². The second kappa shape index (κ2) is 7.56. The van der Waals surface area contributed by atoms with Gasteiger partial charge in [-0.3, -0.25) is 0 Å². The normalized spacial score (nSPS) is 26.0. The quantitative estimate of drug-likeness (QED) is 0.572. The highest BCUT2D eigenvalue weighted by molar-refractivity contribution is 7.89. The summed E-state index contributed by atoms with van der Waals surface area (Å²) in [5.41, 5.74) is 0. The van der Waals surface area contributed by atoms with Crippen LogP contribution in [0.4, 0.5) is 0 Å². The van der Waals surface area contributed by atoms with Crippen LogP contribution in [0, 0.1) is 5.92 Å². The van der Waals surface area contributed by atoms with E-state index in [4.69, 9.17) is 16.3 Å². The van der Waals surface area contributed by atoms with Crippen LogP contribution < -0.4 is 4.72 Å². The minimum absolute atomic E-state index is 0.0283. The van der Waals surface area contributed by atoms with Gasteiger partial charge in [-0.1, -0.05) is 12.8 Å². The summed E-state index contributed by atoms with van der Waals surface area (Å²) < 4.78 is 30.9. The molecule has 4 nitrogen and oxygen atoms in total. The molecule has 0 aliphatic heterocycles. The first-order valence-corrected chi connectivity index (χ1v) is 8.33. The molecule has 1 aliphatic rings. The maximum absolute atomic E-state index is 11.6. The number of ether oxygens (including phenoxy) is 1. The molecule has 17 heavy (non-hydrogen) atoms. The summed E-state index contributed by atoms with van der Waals surface area (Å²) in [4.78, 5) is 0. The van der Waals surface area contributed by atoms with Gasteiger partial charge in [-0.25, -0.2) is 13.1 Å². The Bertz CT molecular complexity index is 308. The molecule has 6 heteroatoms. The zero-order chi connectivity index (χ0) is 12.7. The van der Waals surface area contributed by atoms with Crippen molar-refractivity contribution in [3.05, 3.63) is 0 Å². The highest BCUT2D eigenvalue weighted by Crippen LogP contribution is 2.28. The van der Waals surface area contributed by atoms with Gasteiger partial charge < -0.3 is 4.74 Å². The Kier molecular flexibility index (Phi) is 6.77. The van der Waals surface area contributed by atoms with Crippen LogP contribution in [0.15, 0.2) is 0 Å². The Labute approximate surface area is 109 Å². The third-order valence-electron chi connectivity index (χ3n) is 3.08. The molecule has 0 aromatic rings. The first kappa shape index (κ1) is 15.2. The molecule has 1 rings (SSSR count). The second-order valence-electron chi connectivity index (χ2n) is 4.42. The smallest absolute Gasteiger partial charge is 0.213 e. The van der Waals surface area contributed by atoms with E-state index in [0.717, 1.165) is 25.7 Å². The van der Waals surface area contributed by atoms with Crippen molar-refractivity contribution in [1.29, 1.82) is 0 Å². The van der Waals surface area contributed by atoms with Crippen molar-refractivity contribution in [2.45, 2.75) is 38.0 Å². The second-order valence-corrected chi connectivity index (χ2v) is 6.91. The number of rotatable bonds is 7. The molecule has 0 aromatic carbocycles. The van der Waals surface area contributed by atoms with Gasteiger partial charge in [-0.15, -0.1) is 11.6 Å². The summed E-state index contributed by atoms with van der Waals surface area (Å²) in [5.74, 6) is 0.299. The number of hydrogen-bond donors (Lipinski definition) is 1. The van der Waals surface area contributed by atoms with Crippen molar-refractivity contribution < 1.29 is 13.2 Å². The zero-order valence-corrected chi connectivity index (χ0v) is 11.9. The fourth-order valence-corrected chi connectivity index (χ4v) is 3.33. The molecule has 1 fully saturated rings. The molecule has 0 saturated heterocycles. The summed E-state index contributed by atoms with van der Waals surface area (Å²) in [6.07, 6.45) is 4.31. The standard InChI is InChI=1S/C11H22ClNO3S/c1-2-16-7-8-17(14,15)13-9-10-5-3-4-6-11(10)12/h10-11,13H,2-9H2,1H3. The minimum Gasteiger partial charge on any atom is -0.381 e. The largest absolute Gasteiger partial charge is 0.381 e. The molecule has 0 aromatic heterocycles. The van der Waals surface area contributed by atoms with E-state index in [-0.39, 0.29) is 23.7 Å². The SMILES string of the molecule is CCOCCS(=O)(=O)NCC1CCCCC1Cl. The third kappa shape index (κ3) is 6.04. The van der Waals surface area contributed by atoms with Crippen molar-refractivity contribution >= 4 is 21.6 Å². The molecule has 0 bridgehead atoms. The lowest BCUT2D eigenvalue weighted by molar-refractivity contribution is 0.163. The molecular formula is C11H22ClNO3S.